The van der Waals surface area contributed by atoms with Gasteiger partial charge in [-0.3, -0.25) is 0 Å². The van der Waals surface area contributed by atoms with Gasteiger partial charge in [-0.25, -0.2) is 4.98 Å². The first-order valence-electron chi connectivity index (χ1n) is 4.46. The largest absolute Gasteiger partial charge is 0.379 e. The molecule has 14 heavy (non-hydrogen) atoms. The molecule has 0 bridgehead atoms. The molecule has 1 aromatic rings. The number of hydrogen-bond acceptors (Lipinski definition) is 3. The highest BCUT2D eigenvalue weighted by Crippen LogP contribution is 2.09. The Morgan fingerprint density at radius 1 is 1.64 bits per heavy atom. The Hall–Kier alpha value is -1.82. The van der Waals surface area contributed by atoms with E-state index in [2.05, 4.69) is 16.4 Å². The number of nitriles is 1. The van der Waals surface area contributed by atoms with Crippen LogP contribution in [-0.4, -0.2) is 11.5 Å². The molecule has 3 heteroatoms. The van der Waals surface area contributed by atoms with Crippen LogP contribution >= 0.6 is 0 Å². The highest BCUT2D eigenvalue weighted by Gasteiger charge is 1.98. The van der Waals surface area contributed by atoms with Crippen LogP contribution in [0, 0.1) is 11.3 Å². The van der Waals surface area contributed by atoms with E-state index >= 15 is 0 Å². The number of nitrogens with one attached hydrogen (secondary N) is 1. The van der Waals surface area contributed by atoms with Crippen LogP contribution < -0.4 is 5.32 Å². The molecular weight excluding hydrogens is 174 g/mol. The molecule has 1 N–H and O–H groups in total. The molecular formula is C11H13N3. The molecule has 0 amide bonds. The first-order chi connectivity index (χ1) is 6.74. The lowest BCUT2D eigenvalue weighted by Crippen LogP contribution is -2.01. The van der Waals surface area contributed by atoms with Crippen LogP contribution in [0.2, 0.25) is 0 Å². The standard InChI is InChI=1S/C11H13N3/c1-9(2)5-7-14-10-4-3-6-13-11(10)8-12/h3-6,14H,7H2,1-2H3. The van der Waals surface area contributed by atoms with E-state index in [9.17, 15) is 0 Å². The number of nitrogens with zero attached hydrogens (tertiary/aromatic N) is 2. The van der Waals surface area contributed by atoms with Crippen molar-refractivity contribution >= 4 is 5.69 Å². The summed E-state index contributed by atoms with van der Waals surface area (Å²) in [6, 6.07) is 5.70. The van der Waals surface area contributed by atoms with E-state index < -0.39 is 0 Å². The Bertz CT molecular complexity index is 370. The average molecular weight is 187 g/mol. The van der Waals surface area contributed by atoms with E-state index in [1.165, 1.54) is 5.57 Å². The third kappa shape index (κ3) is 2.91. The van der Waals surface area contributed by atoms with Crippen LogP contribution in [0.3, 0.4) is 0 Å². The minimum Gasteiger partial charge on any atom is -0.379 e. The summed E-state index contributed by atoms with van der Waals surface area (Å²) >= 11 is 0. The molecule has 0 fully saturated rings. The fraction of sp³-hybridized carbons (Fsp3) is 0.273. The molecule has 0 atom stereocenters. The maximum Gasteiger partial charge on any atom is 0.163 e. The number of aromatic nitrogens is 1. The van der Waals surface area contributed by atoms with Gasteiger partial charge in [0.1, 0.15) is 6.07 Å². The van der Waals surface area contributed by atoms with Gasteiger partial charge in [0.05, 0.1) is 5.69 Å². The minimum atomic E-state index is 0.439. The van der Waals surface area contributed by atoms with E-state index in [0.29, 0.717) is 5.69 Å². The molecule has 1 aromatic heterocycles. The van der Waals surface area contributed by atoms with Gasteiger partial charge < -0.3 is 5.32 Å². The van der Waals surface area contributed by atoms with Crippen molar-refractivity contribution in [1.29, 1.82) is 5.26 Å². The lowest BCUT2D eigenvalue weighted by atomic mass is 10.3. The van der Waals surface area contributed by atoms with Crippen LogP contribution in [0.25, 0.3) is 0 Å². The van der Waals surface area contributed by atoms with E-state index in [1.54, 1.807) is 6.20 Å². The van der Waals surface area contributed by atoms with E-state index in [-0.39, 0.29) is 0 Å². The second-order valence-corrected chi connectivity index (χ2v) is 3.17. The van der Waals surface area contributed by atoms with Gasteiger partial charge in [-0.1, -0.05) is 11.6 Å². The predicted molar refractivity (Wildman–Crippen MR) is 56.9 cm³/mol. The fourth-order valence-corrected chi connectivity index (χ4v) is 1.00. The summed E-state index contributed by atoms with van der Waals surface area (Å²) in [4.78, 5) is 3.95. The first kappa shape index (κ1) is 10.3. The maximum atomic E-state index is 8.76. The molecule has 1 rings (SSSR count). The molecule has 1 heterocycles. The predicted octanol–water partition coefficient (Wildman–Crippen LogP) is 2.33. The number of allylic oxidation sites excluding steroid dienone is 1. The lowest BCUT2D eigenvalue weighted by Gasteiger charge is -2.04. The van der Waals surface area contributed by atoms with Crippen molar-refractivity contribution in [2.24, 2.45) is 0 Å². The summed E-state index contributed by atoms with van der Waals surface area (Å²) in [6.07, 6.45) is 3.68. The van der Waals surface area contributed by atoms with Crippen LogP contribution in [0.4, 0.5) is 5.69 Å². The van der Waals surface area contributed by atoms with Crippen LogP contribution in [-0.2, 0) is 0 Å². The Balaban J connectivity index is 2.68. The topological polar surface area (TPSA) is 48.7 Å². The Morgan fingerprint density at radius 2 is 2.43 bits per heavy atom. The highest BCUT2D eigenvalue weighted by molar-refractivity contribution is 5.53. The van der Waals surface area contributed by atoms with Crippen LogP contribution in [0.5, 0.6) is 0 Å². The van der Waals surface area contributed by atoms with E-state index in [1.807, 2.05) is 32.0 Å². The summed E-state index contributed by atoms with van der Waals surface area (Å²) < 4.78 is 0. The van der Waals surface area contributed by atoms with Gasteiger partial charge in [0.15, 0.2) is 5.69 Å². The Labute approximate surface area is 84.1 Å². The van der Waals surface area contributed by atoms with Gasteiger partial charge in [0.2, 0.25) is 0 Å². The summed E-state index contributed by atoms with van der Waals surface area (Å²) in [7, 11) is 0. The first-order valence-corrected chi connectivity index (χ1v) is 4.46. The zero-order valence-electron chi connectivity index (χ0n) is 8.41. The molecule has 3 nitrogen and oxygen atoms in total. The molecule has 0 saturated heterocycles. The molecule has 0 aromatic carbocycles. The SMILES string of the molecule is CC(C)=CCNc1cccnc1C#N. The number of hydrogen-bond donors (Lipinski definition) is 1. The van der Waals surface area contributed by atoms with Crippen molar-refractivity contribution in [2.45, 2.75) is 13.8 Å². The monoisotopic (exact) mass is 187 g/mol. The van der Waals surface area contributed by atoms with Gasteiger partial charge in [-0.05, 0) is 26.0 Å². The molecule has 72 valence electrons. The van der Waals surface area contributed by atoms with Gasteiger partial charge in [-0.15, -0.1) is 0 Å². The number of rotatable bonds is 3. The van der Waals surface area contributed by atoms with Gasteiger partial charge >= 0.3 is 0 Å². The number of anilines is 1. The second-order valence-electron chi connectivity index (χ2n) is 3.17. The maximum absolute atomic E-state index is 8.76. The van der Waals surface area contributed by atoms with Crippen molar-refractivity contribution < 1.29 is 0 Å². The summed E-state index contributed by atoms with van der Waals surface area (Å²) in [5, 5.41) is 11.9. The number of pyridine rings is 1. The third-order valence-electron chi connectivity index (χ3n) is 1.72. The fourth-order valence-electron chi connectivity index (χ4n) is 1.00. The second kappa shape index (κ2) is 5.03. The molecule has 0 saturated carbocycles. The minimum absolute atomic E-state index is 0.439. The van der Waals surface area contributed by atoms with Crippen molar-refractivity contribution in [3.8, 4) is 6.07 Å². The summed E-state index contributed by atoms with van der Waals surface area (Å²) in [5.74, 6) is 0. The van der Waals surface area contributed by atoms with Crippen molar-refractivity contribution in [3.63, 3.8) is 0 Å². The molecule has 0 aliphatic heterocycles. The third-order valence-corrected chi connectivity index (χ3v) is 1.72. The summed E-state index contributed by atoms with van der Waals surface area (Å²) in [6.45, 7) is 4.80. The molecule has 0 aliphatic rings. The zero-order chi connectivity index (χ0) is 10.4. The normalized spacial score (nSPS) is 8.93. The van der Waals surface area contributed by atoms with Crippen molar-refractivity contribution in [1.82, 2.24) is 4.98 Å². The summed E-state index contributed by atoms with van der Waals surface area (Å²) in [5.41, 5.74) is 2.47. The van der Waals surface area contributed by atoms with Gasteiger partial charge in [-0.2, -0.15) is 5.26 Å². The molecule has 0 spiro atoms. The zero-order valence-corrected chi connectivity index (χ0v) is 8.41. The Kier molecular flexibility index (Phi) is 3.69. The van der Waals surface area contributed by atoms with Crippen molar-refractivity contribution in [2.75, 3.05) is 11.9 Å². The smallest absolute Gasteiger partial charge is 0.163 e. The van der Waals surface area contributed by atoms with Crippen molar-refractivity contribution in [3.05, 3.63) is 35.7 Å². The molecule has 0 unspecified atom stereocenters. The van der Waals surface area contributed by atoms with Crippen LogP contribution in [0.1, 0.15) is 19.5 Å². The van der Waals surface area contributed by atoms with Gasteiger partial charge in [0.25, 0.3) is 0 Å². The van der Waals surface area contributed by atoms with Gasteiger partial charge in [0, 0.05) is 12.7 Å². The Morgan fingerprint density at radius 3 is 3.07 bits per heavy atom. The van der Waals surface area contributed by atoms with E-state index in [0.717, 1.165) is 12.2 Å². The lowest BCUT2D eigenvalue weighted by molar-refractivity contribution is 1.21. The molecule has 0 aliphatic carbocycles. The quantitative estimate of drug-likeness (QED) is 0.739. The highest BCUT2D eigenvalue weighted by atomic mass is 14.9. The van der Waals surface area contributed by atoms with E-state index in [4.69, 9.17) is 5.26 Å². The average Bonchev–Trinajstić information content (AvgIpc) is 2.18. The molecule has 0 radical (unpaired) electrons. The van der Waals surface area contributed by atoms with Crippen LogP contribution in [0.15, 0.2) is 30.0 Å².